The maximum absolute atomic E-state index is 12.3. The van der Waals surface area contributed by atoms with E-state index >= 15 is 0 Å². The van der Waals surface area contributed by atoms with E-state index < -0.39 is 0 Å². The summed E-state index contributed by atoms with van der Waals surface area (Å²) >= 11 is 0. The van der Waals surface area contributed by atoms with Crippen LogP contribution in [0.3, 0.4) is 0 Å². The van der Waals surface area contributed by atoms with Crippen LogP contribution in [-0.2, 0) is 11.2 Å². The third-order valence-corrected chi connectivity index (χ3v) is 7.09. The van der Waals surface area contributed by atoms with Gasteiger partial charge in [-0.2, -0.15) is 0 Å². The van der Waals surface area contributed by atoms with Gasteiger partial charge < -0.3 is 0 Å². The van der Waals surface area contributed by atoms with Crippen molar-refractivity contribution in [2.45, 2.75) is 44.6 Å². The molecule has 4 bridgehead atoms. The van der Waals surface area contributed by atoms with Crippen LogP contribution in [0.25, 0.3) is 0 Å². The lowest BCUT2D eigenvalue weighted by molar-refractivity contribution is -0.128. The second kappa shape index (κ2) is 4.19. The molecule has 0 spiro atoms. The van der Waals surface area contributed by atoms with Gasteiger partial charge in [0.05, 0.1) is 6.54 Å². The van der Waals surface area contributed by atoms with Crippen LogP contribution in [0.2, 0.25) is 0 Å². The Balaban J connectivity index is 1.61. The zero-order valence-corrected chi connectivity index (χ0v) is 12.6. The second-order valence-electron chi connectivity index (χ2n) is 8.06. The number of fused-ring (bicyclic) bond motifs is 1. The lowest BCUT2D eigenvalue weighted by atomic mass is 9.53. The highest BCUT2D eigenvalue weighted by Crippen LogP contribution is 2.57. The normalized spacial score (nSPS) is 46.6. The molecule has 0 aromatic heterocycles. The van der Waals surface area contributed by atoms with Crippen molar-refractivity contribution in [2.24, 2.45) is 23.7 Å². The van der Waals surface area contributed by atoms with Crippen LogP contribution >= 0.6 is 0 Å². The molecule has 4 saturated carbocycles. The van der Waals surface area contributed by atoms with Crippen molar-refractivity contribution in [3.63, 3.8) is 0 Å². The van der Waals surface area contributed by atoms with Crippen molar-refractivity contribution in [2.75, 3.05) is 6.54 Å². The summed E-state index contributed by atoms with van der Waals surface area (Å²) in [6, 6.07) is 9.28. The SMILES string of the molecule is O=C[N+]1(C2C3CC4CC(C3)CC2C4)CCc2ccccc21. The number of hydrogen-bond donors (Lipinski definition) is 0. The summed E-state index contributed by atoms with van der Waals surface area (Å²) < 4.78 is 0.658. The van der Waals surface area contributed by atoms with Crippen molar-refractivity contribution in [3.8, 4) is 0 Å². The molecule has 1 aliphatic heterocycles. The molecule has 4 fully saturated rings. The molecule has 1 unspecified atom stereocenters. The average Bonchev–Trinajstić information content (AvgIpc) is 2.86. The molecule has 6 rings (SSSR count). The number of quaternary nitrogens is 1. The molecule has 0 radical (unpaired) electrons. The van der Waals surface area contributed by atoms with Gasteiger partial charge in [-0.3, -0.25) is 0 Å². The Bertz CT molecular complexity index is 567. The Morgan fingerprint density at radius 3 is 2.29 bits per heavy atom. The fourth-order valence-corrected chi connectivity index (χ4v) is 6.69. The van der Waals surface area contributed by atoms with Gasteiger partial charge in [-0.15, -0.1) is 0 Å². The van der Waals surface area contributed by atoms with Crippen LogP contribution in [0, 0.1) is 23.7 Å². The number of hydrogen-bond acceptors (Lipinski definition) is 1. The number of carbonyl (C=O) groups excluding carboxylic acids is 1. The van der Waals surface area contributed by atoms with Crippen LogP contribution in [0.1, 0.15) is 37.7 Å². The molecule has 1 atom stereocenters. The third kappa shape index (κ3) is 1.55. The van der Waals surface area contributed by atoms with E-state index in [4.69, 9.17) is 0 Å². The van der Waals surface area contributed by atoms with E-state index in [0.29, 0.717) is 10.5 Å². The summed E-state index contributed by atoms with van der Waals surface area (Å²) in [7, 11) is 0. The van der Waals surface area contributed by atoms with E-state index in [1.807, 2.05) is 0 Å². The molecule has 5 aliphatic rings. The Kier molecular flexibility index (Phi) is 2.48. The fourth-order valence-electron chi connectivity index (χ4n) is 6.69. The maximum Gasteiger partial charge on any atom is 0.306 e. The van der Waals surface area contributed by atoms with Crippen LogP contribution in [0.4, 0.5) is 5.69 Å². The first kappa shape index (κ1) is 12.4. The lowest BCUT2D eigenvalue weighted by Gasteiger charge is -2.57. The van der Waals surface area contributed by atoms with Crippen molar-refractivity contribution in [3.05, 3.63) is 29.8 Å². The minimum Gasteiger partial charge on any atom is -0.233 e. The van der Waals surface area contributed by atoms with E-state index in [1.54, 1.807) is 0 Å². The van der Waals surface area contributed by atoms with Gasteiger partial charge in [-0.05, 0) is 50.0 Å². The molecule has 110 valence electrons. The number of rotatable bonds is 2. The van der Waals surface area contributed by atoms with Crippen molar-refractivity contribution < 1.29 is 4.79 Å². The van der Waals surface area contributed by atoms with E-state index in [9.17, 15) is 4.79 Å². The molecular weight excluding hydrogens is 258 g/mol. The third-order valence-electron chi connectivity index (χ3n) is 7.09. The van der Waals surface area contributed by atoms with Gasteiger partial charge in [0.2, 0.25) is 0 Å². The minimum absolute atomic E-state index is 0.582. The van der Waals surface area contributed by atoms with Gasteiger partial charge in [0, 0.05) is 23.8 Å². The Morgan fingerprint density at radius 2 is 1.62 bits per heavy atom. The number of amides is 1. The van der Waals surface area contributed by atoms with Gasteiger partial charge in [0.25, 0.3) is 0 Å². The van der Waals surface area contributed by atoms with E-state index in [0.717, 1.165) is 36.6 Å². The van der Waals surface area contributed by atoms with Crippen LogP contribution < -0.4 is 4.48 Å². The molecule has 1 aromatic rings. The highest BCUT2D eigenvalue weighted by atomic mass is 16.1. The predicted octanol–water partition coefficient (Wildman–Crippen LogP) is 3.53. The molecule has 21 heavy (non-hydrogen) atoms. The second-order valence-corrected chi connectivity index (χ2v) is 8.06. The zero-order valence-electron chi connectivity index (χ0n) is 12.6. The van der Waals surface area contributed by atoms with Crippen LogP contribution in [0.5, 0.6) is 0 Å². The zero-order chi connectivity index (χ0) is 14.0. The maximum atomic E-state index is 12.3. The Hall–Kier alpha value is -1.15. The van der Waals surface area contributed by atoms with Gasteiger partial charge in [0.15, 0.2) is 0 Å². The molecular formula is C19H24NO+. The molecule has 1 heterocycles. The Labute approximate surface area is 126 Å². The highest BCUT2D eigenvalue weighted by Gasteiger charge is 2.58. The highest BCUT2D eigenvalue weighted by molar-refractivity contribution is 5.75. The molecule has 0 N–H and O–H groups in total. The monoisotopic (exact) mass is 282 g/mol. The van der Waals surface area contributed by atoms with Gasteiger partial charge in [-0.1, -0.05) is 18.2 Å². The van der Waals surface area contributed by atoms with E-state index in [2.05, 4.69) is 24.3 Å². The first-order chi connectivity index (χ1) is 10.3. The predicted molar refractivity (Wildman–Crippen MR) is 83.7 cm³/mol. The lowest BCUT2D eigenvalue weighted by Crippen LogP contribution is -2.65. The standard InChI is InChI=1S/C19H24NO/c21-12-20(6-5-15-3-1-2-4-18(15)20)19-16-8-13-7-14(10-16)11-17(19)9-13/h1-4,12-14,16-17,19H,5-11H2/q+1. The number of carbonyl (C=O) groups is 1. The van der Waals surface area contributed by atoms with Crippen LogP contribution in [-0.4, -0.2) is 19.0 Å². The number of para-hydroxylation sites is 1. The smallest absolute Gasteiger partial charge is 0.233 e. The minimum atomic E-state index is 0.582. The van der Waals surface area contributed by atoms with Gasteiger partial charge >= 0.3 is 6.41 Å². The molecule has 1 aromatic carbocycles. The Morgan fingerprint density at radius 1 is 0.952 bits per heavy atom. The summed E-state index contributed by atoms with van der Waals surface area (Å²) in [6.07, 6.45) is 9.45. The quantitative estimate of drug-likeness (QED) is 0.599. The summed E-state index contributed by atoms with van der Waals surface area (Å²) in [4.78, 5) is 12.3. The summed E-state index contributed by atoms with van der Waals surface area (Å²) in [5, 5.41) is 0. The van der Waals surface area contributed by atoms with E-state index in [1.165, 1.54) is 49.8 Å². The number of nitrogens with zero attached hydrogens (tertiary/aromatic N) is 1. The van der Waals surface area contributed by atoms with Gasteiger partial charge in [0.1, 0.15) is 11.7 Å². The summed E-state index contributed by atoms with van der Waals surface area (Å²) in [6.45, 7) is 1.01. The first-order valence-corrected chi connectivity index (χ1v) is 8.72. The first-order valence-electron chi connectivity index (χ1n) is 8.72. The van der Waals surface area contributed by atoms with E-state index in [-0.39, 0.29) is 0 Å². The number of benzene rings is 1. The molecule has 0 saturated heterocycles. The molecule has 4 aliphatic carbocycles. The van der Waals surface area contributed by atoms with Crippen LogP contribution in [0.15, 0.2) is 24.3 Å². The molecule has 2 heteroatoms. The topological polar surface area (TPSA) is 17.1 Å². The van der Waals surface area contributed by atoms with Gasteiger partial charge in [-0.25, -0.2) is 9.28 Å². The largest absolute Gasteiger partial charge is 0.306 e. The molecule has 2 nitrogen and oxygen atoms in total. The van der Waals surface area contributed by atoms with Crippen molar-refractivity contribution in [1.29, 1.82) is 0 Å². The molecule has 1 amide bonds. The van der Waals surface area contributed by atoms with Crippen molar-refractivity contribution >= 4 is 12.1 Å². The van der Waals surface area contributed by atoms with Crippen molar-refractivity contribution in [1.82, 2.24) is 4.48 Å². The summed E-state index contributed by atoms with van der Waals surface area (Å²) in [5.74, 6) is 3.57. The summed E-state index contributed by atoms with van der Waals surface area (Å²) in [5.41, 5.74) is 2.74. The average molecular weight is 282 g/mol. The fraction of sp³-hybridized carbons (Fsp3) is 0.632.